The Labute approximate surface area is 106 Å². The molecule has 1 aromatic rings. The molecule has 0 N–H and O–H groups in total. The highest BCUT2D eigenvalue weighted by atomic mass is 79.9. The van der Waals surface area contributed by atoms with Gasteiger partial charge in [0.1, 0.15) is 22.9 Å². The zero-order valence-electron chi connectivity index (χ0n) is 8.99. The first-order chi connectivity index (χ1) is 7.74. The van der Waals surface area contributed by atoms with Gasteiger partial charge in [0.2, 0.25) is 0 Å². The zero-order chi connectivity index (χ0) is 13.2. The molecule has 0 atom stereocenters. The highest BCUT2D eigenvalue weighted by Crippen LogP contribution is 2.24. The Bertz CT molecular complexity index is 558. The van der Waals surface area contributed by atoms with Crippen molar-refractivity contribution in [2.45, 2.75) is 4.90 Å². The molecule has 0 aliphatic rings. The number of nitrogens with zero attached hydrogens (tertiary/aromatic N) is 2. The van der Waals surface area contributed by atoms with E-state index in [1.165, 1.54) is 4.90 Å². The summed E-state index contributed by atoms with van der Waals surface area (Å²) in [5, 5.41) is 0. The van der Waals surface area contributed by atoms with Gasteiger partial charge in [0.25, 0.3) is 10.0 Å². The van der Waals surface area contributed by atoms with Crippen molar-refractivity contribution < 1.29 is 17.2 Å². The minimum absolute atomic E-state index is 0.148. The lowest BCUT2D eigenvalue weighted by Gasteiger charge is -2.05. The predicted octanol–water partition coefficient (Wildman–Crippen LogP) is 2.01. The Morgan fingerprint density at radius 3 is 2.41 bits per heavy atom. The molecule has 4 nitrogen and oxygen atoms in total. The van der Waals surface area contributed by atoms with Crippen molar-refractivity contribution in [3.8, 4) is 0 Å². The number of benzene rings is 1. The molecule has 0 bridgehead atoms. The van der Waals surface area contributed by atoms with E-state index in [-0.39, 0.29) is 4.47 Å². The van der Waals surface area contributed by atoms with Crippen LogP contribution in [-0.4, -0.2) is 33.8 Å². The van der Waals surface area contributed by atoms with Crippen LogP contribution in [0.4, 0.5) is 8.78 Å². The lowest BCUT2D eigenvalue weighted by Crippen LogP contribution is -2.11. The summed E-state index contributed by atoms with van der Waals surface area (Å²) in [5.41, 5.74) is 0. The van der Waals surface area contributed by atoms with Gasteiger partial charge in [0.05, 0.1) is 4.47 Å². The average Bonchev–Trinajstić information content (AvgIpc) is 2.20. The molecule has 1 aromatic carbocycles. The standard InChI is InChI=1S/C9H9BrF2N2O2S/c1-14(2)5-13-17(15,16)9-4-7(11)6(10)3-8(9)12/h3-5H,1-2H3/b13-5+. The summed E-state index contributed by atoms with van der Waals surface area (Å²) in [6.07, 6.45) is 0.995. The van der Waals surface area contributed by atoms with Crippen LogP contribution in [-0.2, 0) is 10.0 Å². The first-order valence-electron chi connectivity index (χ1n) is 4.35. The van der Waals surface area contributed by atoms with Gasteiger partial charge in [-0.3, -0.25) is 0 Å². The van der Waals surface area contributed by atoms with E-state index in [9.17, 15) is 17.2 Å². The molecule has 94 valence electrons. The minimum Gasteiger partial charge on any atom is -0.368 e. The van der Waals surface area contributed by atoms with Gasteiger partial charge in [0, 0.05) is 14.1 Å². The van der Waals surface area contributed by atoms with Gasteiger partial charge in [-0.05, 0) is 28.1 Å². The van der Waals surface area contributed by atoms with Crippen LogP contribution in [0.5, 0.6) is 0 Å². The Hall–Kier alpha value is -1.02. The van der Waals surface area contributed by atoms with Crippen molar-refractivity contribution in [3.63, 3.8) is 0 Å². The number of sulfonamides is 1. The molecule has 17 heavy (non-hydrogen) atoms. The third-order valence-electron chi connectivity index (χ3n) is 1.67. The fraction of sp³-hybridized carbons (Fsp3) is 0.222. The maximum atomic E-state index is 13.4. The van der Waals surface area contributed by atoms with Gasteiger partial charge in [0.15, 0.2) is 0 Å². The van der Waals surface area contributed by atoms with Gasteiger partial charge in [-0.1, -0.05) is 0 Å². The molecule has 0 heterocycles. The minimum atomic E-state index is -4.23. The fourth-order valence-electron chi connectivity index (χ4n) is 0.915. The second-order valence-corrected chi connectivity index (χ2v) is 5.81. The lowest BCUT2D eigenvalue weighted by molar-refractivity contribution is 0.550. The molecule has 1 rings (SSSR count). The molecule has 0 aromatic heterocycles. The number of rotatable bonds is 3. The summed E-state index contributed by atoms with van der Waals surface area (Å²) >= 11 is 2.75. The highest BCUT2D eigenvalue weighted by molar-refractivity contribution is 9.10. The second kappa shape index (κ2) is 5.09. The van der Waals surface area contributed by atoms with Gasteiger partial charge in [-0.15, -0.1) is 4.40 Å². The molecule has 0 saturated carbocycles. The molecule has 0 spiro atoms. The number of halogens is 3. The first kappa shape index (κ1) is 14.0. The number of hydrogen-bond acceptors (Lipinski definition) is 2. The topological polar surface area (TPSA) is 49.7 Å². The van der Waals surface area contributed by atoms with Crippen molar-refractivity contribution in [3.05, 3.63) is 28.2 Å². The fourth-order valence-corrected chi connectivity index (χ4v) is 2.21. The molecular weight excluding hydrogens is 318 g/mol. The zero-order valence-corrected chi connectivity index (χ0v) is 11.4. The third-order valence-corrected chi connectivity index (χ3v) is 3.52. The Morgan fingerprint density at radius 1 is 1.29 bits per heavy atom. The van der Waals surface area contributed by atoms with Crippen LogP contribution < -0.4 is 0 Å². The number of hydrogen-bond donors (Lipinski definition) is 0. The molecule has 8 heteroatoms. The quantitative estimate of drug-likeness (QED) is 0.485. The summed E-state index contributed by atoms with van der Waals surface area (Å²) in [5.74, 6) is -1.93. The van der Waals surface area contributed by atoms with E-state index < -0.39 is 26.6 Å². The lowest BCUT2D eigenvalue weighted by atomic mass is 10.3. The van der Waals surface area contributed by atoms with Gasteiger partial charge in [-0.2, -0.15) is 8.42 Å². The monoisotopic (exact) mass is 326 g/mol. The first-order valence-corrected chi connectivity index (χ1v) is 6.59. The summed E-state index contributed by atoms with van der Waals surface area (Å²) in [6.45, 7) is 0. The van der Waals surface area contributed by atoms with Gasteiger partial charge < -0.3 is 4.90 Å². The van der Waals surface area contributed by atoms with Crippen LogP contribution >= 0.6 is 15.9 Å². The molecule has 0 unspecified atom stereocenters. The van der Waals surface area contributed by atoms with Crippen LogP contribution in [0.2, 0.25) is 0 Å². The molecule has 0 saturated heterocycles. The van der Waals surface area contributed by atoms with Crippen molar-refractivity contribution in [1.29, 1.82) is 0 Å². The summed E-state index contributed by atoms with van der Waals surface area (Å²) in [4.78, 5) is 0.571. The predicted molar refractivity (Wildman–Crippen MR) is 63.4 cm³/mol. The maximum absolute atomic E-state index is 13.4. The Balaban J connectivity index is 3.30. The van der Waals surface area contributed by atoms with Crippen LogP contribution in [0.3, 0.4) is 0 Å². The van der Waals surface area contributed by atoms with Crippen molar-refractivity contribution in [2.75, 3.05) is 14.1 Å². The largest absolute Gasteiger partial charge is 0.368 e. The second-order valence-electron chi connectivity index (χ2n) is 3.36. The van der Waals surface area contributed by atoms with E-state index in [0.29, 0.717) is 6.07 Å². The van der Waals surface area contributed by atoms with Crippen LogP contribution in [0.1, 0.15) is 0 Å². The van der Waals surface area contributed by atoms with Crippen molar-refractivity contribution in [2.24, 2.45) is 4.40 Å². The van der Waals surface area contributed by atoms with Crippen LogP contribution in [0.25, 0.3) is 0 Å². The van der Waals surface area contributed by atoms with Crippen LogP contribution in [0.15, 0.2) is 25.9 Å². The van der Waals surface area contributed by atoms with E-state index in [1.807, 2.05) is 0 Å². The smallest absolute Gasteiger partial charge is 0.286 e. The molecule has 0 fully saturated rings. The van der Waals surface area contributed by atoms with E-state index in [2.05, 4.69) is 20.3 Å². The summed E-state index contributed by atoms with van der Waals surface area (Å²) < 4.78 is 52.7. The van der Waals surface area contributed by atoms with Gasteiger partial charge in [-0.25, -0.2) is 8.78 Å². The van der Waals surface area contributed by atoms with E-state index in [4.69, 9.17) is 0 Å². The normalized spacial score (nSPS) is 12.1. The molecular formula is C9H9BrF2N2O2S. The third kappa shape index (κ3) is 3.47. The van der Waals surface area contributed by atoms with Gasteiger partial charge >= 0.3 is 0 Å². The summed E-state index contributed by atoms with van der Waals surface area (Å²) in [7, 11) is -1.13. The van der Waals surface area contributed by atoms with E-state index >= 15 is 0 Å². The molecule has 0 aliphatic heterocycles. The van der Waals surface area contributed by atoms with E-state index in [1.54, 1.807) is 14.1 Å². The summed E-state index contributed by atoms with van der Waals surface area (Å²) in [6, 6.07) is 1.33. The molecule has 0 radical (unpaired) electrons. The van der Waals surface area contributed by atoms with Crippen molar-refractivity contribution in [1.82, 2.24) is 4.90 Å². The maximum Gasteiger partial charge on any atom is 0.286 e. The highest BCUT2D eigenvalue weighted by Gasteiger charge is 2.20. The Morgan fingerprint density at radius 2 is 1.88 bits per heavy atom. The Kier molecular flexibility index (Phi) is 4.21. The van der Waals surface area contributed by atoms with Crippen LogP contribution in [0, 0.1) is 11.6 Å². The van der Waals surface area contributed by atoms with Crippen molar-refractivity contribution >= 4 is 32.3 Å². The SMILES string of the molecule is CN(C)/C=N/S(=O)(=O)c1cc(F)c(Br)cc1F. The molecule has 0 aliphatic carbocycles. The molecule has 0 amide bonds. The average molecular weight is 327 g/mol. The van der Waals surface area contributed by atoms with E-state index in [0.717, 1.165) is 12.4 Å².